The molecule has 0 aromatic rings. The maximum Gasteiger partial charge on any atom is 0.230 e. The lowest BCUT2D eigenvalue weighted by Crippen LogP contribution is -2.51. The molecule has 3 heteroatoms. The Balaban J connectivity index is 1.67. The molecular weight excluding hydrogens is 236 g/mol. The molecule has 0 bridgehead atoms. The number of nitrogens with one attached hydrogen (secondary N) is 1. The van der Waals surface area contributed by atoms with Gasteiger partial charge in [-0.1, -0.05) is 26.2 Å². The van der Waals surface area contributed by atoms with Crippen LogP contribution in [0.1, 0.15) is 51.9 Å². The topological polar surface area (TPSA) is 32.3 Å². The first-order valence-electron chi connectivity index (χ1n) is 8.25. The standard InChI is InChI=1S/C16H28N2O/c1-2-16(8-9-17-12-16)15(19)18-10-7-13-5-3-4-6-14(13)11-18/h13-14,17H,2-12H2,1H3. The maximum absolute atomic E-state index is 12.9. The van der Waals surface area contributed by atoms with E-state index in [0.717, 1.165) is 50.9 Å². The molecule has 2 aliphatic heterocycles. The molecule has 3 fully saturated rings. The fraction of sp³-hybridized carbons (Fsp3) is 0.938. The molecule has 3 unspecified atom stereocenters. The second kappa shape index (κ2) is 5.43. The van der Waals surface area contributed by atoms with E-state index in [0.29, 0.717) is 5.91 Å². The van der Waals surface area contributed by atoms with Crippen molar-refractivity contribution < 1.29 is 4.79 Å². The Morgan fingerprint density at radius 3 is 2.74 bits per heavy atom. The highest BCUT2D eigenvalue weighted by molar-refractivity contribution is 5.83. The van der Waals surface area contributed by atoms with Gasteiger partial charge in [0.05, 0.1) is 5.41 Å². The zero-order chi connectivity index (χ0) is 13.3. The number of fused-ring (bicyclic) bond motifs is 1. The molecule has 0 aromatic carbocycles. The number of amides is 1. The zero-order valence-corrected chi connectivity index (χ0v) is 12.3. The third kappa shape index (κ3) is 2.42. The minimum atomic E-state index is -0.0818. The second-order valence-corrected chi connectivity index (χ2v) is 6.91. The normalized spacial score (nSPS) is 39.1. The van der Waals surface area contributed by atoms with Crippen molar-refractivity contribution >= 4 is 5.91 Å². The summed E-state index contributed by atoms with van der Waals surface area (Å²) in [5.41, 5.74) is -0.0818. The van der Waals surface area contributed by atoms with Gasteiger partial charge < -0.3 is 10.2 Å². The maximum atomic E-state index is 12.9. The number of nitrogens with zero attached hydrogens (tertiary/aromatic N) is 1. The lowest BCUT2D eigenvalue weighted by Gasteiger charge is -2.44. The Morgan fingerprint density at radius 2 is 2.05 bits per heavy atom. The van der Waals surface area contributed by atoms with Gasteiger partial charge in [0, 0.05) is 19.6 Å². The van der Waals surface area contributed by atoms with E-state index < -0.39 is 0 Å². The van der Waals surface area contributed by atoms with Gasteiger partial charge in [-0.3, -0.25) is 4.79 Å². The first kappa shape index (κ1) is 13.4. The lowest BCUT2D eigenvalue weighted by atomic mass is 9.74. The van der Waals surface area contributed by atoms with E-state index in [1.165, 1.54) is 32.1 Å². The number of piperidine rings is 1. The van der Waals surface area contributed by atoms with E-state index in [9.17, 15) is 4.79 Å². The molecule has 2 heterocycles. The minimum Gasteiger partial charge on any atom is -0.342 e. The summed E-state index contributed by atoms with van der Waals surface area (Å²) in [5, 5.41) is 3.39. The Kier molecular flexibility index (Phi) is 3.84. The summed E-state index contributed by atoms with van der Waals surface area (Å²) in [7, 11) is 0. The summed E-state index contributed by atoms with van der Waals surface area (Å²) in [5.74, 6) is 2.16. The van der Waals surface area contributed by atoms with Crippen molar-refractivity contribution in [3.05, 3.63) is 0 Å². The van der Waals surface area contributed by atoms with E-state index >= 15 is 0 Å². The van der Waals surface area contributed by atoms with E-state index in [1.54, 1.807) is 0 Å². The Hall–Kier alpha value is -0.570. The van der Waals surface area contributed by atoms with Crippen molar-refractivity contribution in [1.29, 1.82) is 0 Å². The quantitative estimate of drug-likeness (QED) is 0.830. The van der Waals surface area contributed by atoms with Gasteiger partial charge >= 0.3 is 0 Å². The van der Waals surface area contributed by atoms with E-state index in [1.807, 2.05) is 0 Å². The van der Waals surface area contributed by atoms with Crippen LogP contribution in [0.2, 0.25) is 0 Å². The highest BCUT2D eigenvalue weighted by Gasteiger charge is 2.44. The van der Waals surface area contributed by atoms with Gasteiger partial charge in [0.25, 0.3) is 0 Å². The number of hydrogen-bond acceptors (Lipinski definition) is 2. The van der Waals surface area contributed by atoms with Gasteiger partial charge in [-0.05, 0) is 44.1 Å². The molecule has 3 rings (SSSR count). The molecule has 0 radical (unpaired) electrons. The van der Waals surface area contributed by atoms with Crippen molar-refractivity contribution in [2.24, 2.45) is 17.3 Å². The first-order chi connectivity index (χ1) is 9.25. The summed E-state index contributed by atoms with van der Waals surface area (Å²) < 4.78 is 0. The predicted octanol–water partition coefficient (Wildman–Crippen LogP) is 2.41. The number of carbonyl (C=O) groups excluding carboxylic acids is 1. The largest absolute Gasteiger partial charge is 0.342 e. The van der Waals surface area contributed by atoms with Crippen molar-refractivity contribution in [1.82, 2.24) is 10.2 Å². The molecule has 1 N–H and O–H groups in total. The monoisotopic (exact) mass is 264 g/mol. The molecule has 1 amide bonds. The lowest BCUT2D eigenvalue weighted by molar-refractivity contribution is -0.144. The Bertz CT molecular complexity index is 336. The molecular formula is C16H28N2O. The molecule has 19 heavy (non-hydrogen) atoms. The van der Waals surface area contributed by atoms with Gasteiger partial charge in [-0.15, -0.1) is 0 Å². The fourth-order valence-corrected chi connectivity index (χ4v) is 4.50. The van der Waals surface area contributed by atoms with Gasteiger partial charge in [0.1, 0.15) is 0 Å². The second-order valence-electron chi connectivity index (χ2n) is 6.91. The Labute approximate surface area is 117 Å². The number of likely N-dealkylation sites (tertiary alicyclic amines) is 1. The number of hydrogen-bond donors (Lipinski definition) is 1. The first-order valence-corrected chi connectivity index (χ1v) is 8.25. The average molecular weight is 264 g/mol. The highest BCUT2D eigenvalue weighted by Crippen LogP contribution is 2.39. The predicted molar refractivity (Wildman–Crippen MR) is 76.9 cm³/mol. The molecule has 1 saturated carbocycles. The summed E-state index contributed by atoms with van der Waals surface area (Å²) >= 11 is 0. The van der Waals surface area contributed by atoms with Crippen LogP contribution in [0.3, 0.4) is 0 Å². The van der Waals surface area contributed by atoms with Gasteiger partial charge in [-0.2, -0.15) is 0 Å². The average Bonchev–Trinajstić information content (AvgIpc) is 2.96. The van der Waals surface area contributed by atoms with Crippen molar-refractivity contribution in [3.63, 3.8) is 0 Å². The molecule has 3 atom stereocenters. The molecule has 2 saturated heterocycles. The molecule has 0 aromatic heterocycles. The third-order valence-electron chi connectivity index (χ3n) is 5.95. The summed E-state index contributed by atoms with van der Waals surface area (Å²) in [6, 6.07) is 0. The molecule has 3 nitrogen and oxygen atoms in total. The van der Waals surface area contributed by atoms with Crippen molar-refractivity contribution in [2.45, 2.75) is 51.9 Å². The van der Waals surface area contributed by atoms with Crippen LogP contribution < -0.4 is 5.32 Å². The van der Waals surface area contributed by atoms with Crippen LogP contribution in [0, 0.1) is 17.3 Å². The molecule has 108 valence electrons. The van der Waals surface area contributed by atoms with E-state index in [2.05, 4.69) is 17.1 Å². The minimum absolute atomic E-state index is 0.0818. The van der Waals surface area contributed by atoms with Gasteiger partial charge in [0.15, 0.2) is 0 Å². The molecule has 1 aliphatic carbocycles. The van der Waals surface area contributed by atoms with Crippen LogP contribution in [0.5, 0.6) is 0 Å². The number of rotatable bonds is 2. The van der Waals surface area contributed by atoms with Crippen LogP contribution in [0.25, 0.3) is 0 Å². The molecule has 0 spiro atoms. The fourth-order valence-electron chi connectivity index (χ4n) is 4.50. The summed E-state index contributed by atoms with van der Waals surface area (Å²) in [4.78, 5) is 15.1. The Morgan fingerprint density at radius 1 is 1.26 bits per heavy atom. The summed E-state index contributed by atoms with van der Waals surface area (Å²) in [6.07, 6.45) is 8.83. The van der Waals surface area contributed by atoms with Crippen LogP contribution >= 0.6 is 0 Å². The van der Waals surface area contributed by atoms with Gasteiger partial charge in [0.2, 0.25) is 5.91 Å². The SMILES string of the molecule is CCC1(C(=O)N2CCC3CCCCC3C2)CCNC1. The smallest absolute Gasteiger partial charge is 0.230 e. The van der Waals surface area contributed by atoms with Crippen molar-refractivity contribution in [2.75, 3.05) is 26.2 Å². The zero-order valence-electron chi connectivity index (χ0n) is 12.3. The van der Waals surface area contributed by atoms with E-state index in [-0.39, 0.29) is 5.41 Å². The highest BCUT2D eigenvalue weighted by atomic mass is 16.2. The van der Waals surface area contributed by atoms with Crippen LogP contribution in [0.15, 0.2) is 0 Å². The van der Waals surface area contributed by atoms with Crippen LogP contribution in [-0.4, -0.2) is 37.0 Å². The number of carbonyl (C=O) groups is 1. The third-order valence-corrected chi connectivity index (χ3v) is 5.95. The van der Waals surface area contributed by atoms with Crippen LogP contribution in [-0.2, 0) is 4.79 Å². The van der Waals surface area contributed by atoms with Crippen LogP contribution in [0.4, 0.5) is 0 Å². The molecule has 3 aliphatic rings. The summed E-state index contributed by atoms with van der Waals surface area (Å²) in [6.45, 7) is 6.15. The van der Waals surface area contributed by atoms with Crippen molar-refractivity contribution in [3.8, 4) is 0 Å². The van der Waals surface area contributed by atoms with Gasteiger partial charge in [-0.25, -0.2) is 0 Å². The van der Waals surface area contributed by atoms with E-state index in [4.69, 9.17) is 0 Å².